The van der Waals surface area contributed by atoms with Crippen LogP contribution in [0.3, 0.4) is 0 Å². The van der Waals surface area contributed by atoms with E-state index in [0.29, 0.717) is 30.3 Å². The van der Waals surface area contributed by atoms with Gasteiger partial charge in [0.05, 0.1) is 16.6 Å². The van der Waals surface area contributed by atoms with Gasteiger partial charge in [0, 0.05) is 36.5 Å². The first-order valence-electron chi connectivity index (χ1n) is 9.87. The number of nitrogens with zero attached hydrogens (tertiary/aromatic N) is 5. The summed E-state index contributed by atoms with van der Waals surface area (Å²) < 4.78 is 38.8. The Balaban J connectivity index is 1.77. The zero-order valence-corrected chi connectivity index (χ0v) is 17.4. The number of hydrogen-bond donors (Lipinski definition) is 0. The Bertz CT molecular complexity index is 1070. The number of ketones is 1. The maximum Gasteiger partial charge on any atom is 0.416 e. The molecular weight excluding hydrogens is 427 g/mol. The molecule has 0 bridgehead atoms. The van der Waals surface area contributed by atoms with Gasteiger partial charge in [-0.05, 0) is 44.9 Å². The van der Waals surface area contributed by atoms with Crippen molar-refractivity contribution in [3.8, 4) is 6.07 Å². The maximum atomic E-state index is 13.0. The van der Waals surface area contributed by atoms with Crippen molar-refractivity contribution in [2.75, 3.05) is 18.0 Å². The number of rotatable bonds is 5. The summed E-state index contributed by atoms with van der Waals surface area (Å²) in [6, 6.07) is 6.13. The van der Waals surface area contributed by atoms with Gasteiger partial charge in [-0.3, -0.25) is 14.9 Å². The van der Waals surface area contributed by atoms with Crippen LogP contribution in [0.25, 0.3) is 0 Å². The van der Waals surface area contributed by atoms with E-state index in [2.05, 4.69) is 9.97 Å². The molecule has 0 amide bonds. The molecule has 1 atom stereocenters. The van der Waals surface area contributed by atoms with Crippen LogP contribution in [0.4, 0.5) is 24.5 Å². The molecule has 1 unspecified atom stereocenters. The van der Waals surface area contributed by atoms with Crippen LogP contribution in [0.15, 0.2) is 24.3 Å². The van der Waals surface area contributed by atoms with Gasteiger partial charge in [-0.25, -0.2) is 9.97 Å². The number of aromatic nitrogens is 2. The van der Waals surface area contributed by atoms with Crippen molar-refractivity contribution in [3.63, 3.8) is 0 Å². The number of halogens is 3. The lowest BCUT2D eigenvalue weighted by Crippen LogP contribution is -2.38. The Morgan fingerprint density at radius 3 is 2.31 bits per heavy atom. The molecule has 168 valence electrons. The fourth-order valence-electron chi connectivity index (χ4n) is 3.88. The van der Waals surface area contributed by atoms with Gasteiger partial charge in [0.1, 0.15) is 5.69 Å². The van der Waals surface area contributed by atoms with Gasteiger partial charge in [-0.1, -0.05) is 0 Å². The van der Waals surface area contributed by atoms with E-state index in [4.69, 9.17) is 0 Å². The number of benzene rings is 1. The topological polar surface area (TPSA) is 113 Å². The number of hydrogen-bond acceptors (Lipinski definition) is 7. The van der Waals surface area contributed by atoms with E-state index in [-0.39, 0.29) is 30.4 Å². The second-order valence-electron chi connectivity index (χ2n) is 7.69. The smallest absolute Gasteiger partial charge is 0.366 e. The molecule has 1 aliphatic rings. The van der Waals surface area contributed by atoms with E-state index < -0.39 is 34.2 Å². The molecule has 0 saturated carbocycles. The molecule has 3 rings (SSSR count). The molecule has 1 aliphatic heterocycles. The Morgan fingerprint density at radius 2 is 1.81 bits per heavy atom. The van der Waals surface area contributed by atoms with Crippen LogP contribution in [0.5, 0.6) is 0 Å². The van der Waals surface area contributed by atoms with Gasteiger partial charge < -0.3 is 4.90 Å². The molecule has 11 heteroatoms. The number of nitriles is 1. The third-order valence-corrected chi connectivity index (χ3v) is 5.41. The minimum atomic E-state index is -4.69. The fraction of sp³-hybridized carbons (Fsp3) is 0.429. The predicted molar refractivity (Wildman–Crippen MR) is 108 cm³/mol. The summed E-state index contributed by atoms with van der Waals surface area (Å²) in [4.78, 5) is 33.5. The van der Waals surface area contributed by atoms with E-state index in [1.165, 1.54) is 0 Å². The SMILES string of the molecule is Cc1cc(C)nc(C(C#N)C(=O)C2CCN(c3ccc(C(F)(F)F)cc3[N+](=O)[O-])CC2)n1. The standard InChI is InChI=1S/C21H20F3N5O3/c1-12-9-13(2)27-20(26-12)16(11-25)19(30)14-5-7-28(8-6-14)17-4-3-15(21(22,23)24)10-18(17)29(31)32/h3-4,9-10,14,16H,5-8H2,1-2H3. The maximum absolute atomic E-state index is 13.0. The number of alkyl halides is 3. The molecule has 0 radical (unpaired) electrons. The molecule has 0 spiro atoms. The summed E-state index contributed by atoms with van der Waals surface area (Å²) in [5.74, 6) is -1.77. The van der Waals surface area contributed by atoms with Crippen LogP contribution < -0.4 is 4.90 Å². The van der Waals surface area contributed by atoms with Crippen LogP contribution in [-0.4, -0.2) is 33.8 Å². The Morgan fingerprint density at radius 1 is 1.22 bits per heavy atom. The number of nitro benzene ring substituents is 1. The molecule has 0 N–H and O–H groups in total. The van der Waals surface area contributed by atoms with Crippen LogP contribution in [0, 0.1) is 41.2 Å². The largest absolute Gasteiger partial charge is 0.416 e. The van der Waals surface area contributed by atoms with Gasteiger partial charge in [0.25, 0.3) is 5.69 Å². The summed E-state index contributed by atoms with van der Waals surface area (Å²) in [7, 11) is 0. The molecular formula is C21H20F3N5O3. The van der Waals surface area contributed by atoms with Crippen LogP contribution in [0.1, 0.15) is 41.5 Å². The van der Waals surface area contributed by atoms with Gasteiger partial charge in [-0.15, -0.1) is 0 Å². The highest BCUT2D eigenvalue weighted by Crippen LogP contribution is 2.38. The lowest BCUT2D eigenvalue weighted by Gasteiger charge is -2.33. The van der Waals surface area contributed by atoms with Crippen LogP contribution >= 0.6 is 0 Å². The number of nitro groups is 1. The number of carbonyl (C=O) groups excluding carboxylic acids is 1. The Kier molecular flexibility index (Phi) is 6.43. The molecule has 2 aromatic rings. The van der Waals surface area contributed by atoms with Crippen molar-refractivity contribution < 1.29 is 22.9 Å². The number of carbonyl (C=O) groups is 1. The number of Topliss-reactive ketones (excluding diaryl/α,β-unsaturated/α-hetero) is 1. The average molecular weight is 447 g/mol. The van der Waals surface area contributed by atoms with Crippen molar-refractivity contribution in [1.29, 1.82) is 5.26 Å². The fourth-order valence-corrected chi connectivity index (χ4v) is 3.88. The lowest BCUT2D eigenvalue weighted by molar-refractivity contribution is -0.384. The summed E-state index contributed by atoms with van der Waals surface area (Å²) in [5.41, 5.74) is -0.371. The van der Waals surface area contributed by atoms with Crippen LogP contribution in [-0.2, 0) is 11.0 Å². The molecule has 2 heterocycles. The predicted octanol–water partition coefficient (Wildman–Crippen LogP) is 4.11. The second-order valence-corrected chi connectivity index (χ2v) is 7.69. The van der Waals surface area contributed by atoms with Gasteiger partial charge in [0.15, 0.2) is 17.5 Å². The summed E-state index contributed by atoms with van der Waals surface area (Å²) in [5, 5.41) is 20.9. The minimum absolute atomic E-state index is 0.0726. The normalized spacial score (nSPS) is 15.8. The molecule has 1 fully saturated rings. The highest BCUT2D eigenvalue weighted by molar-refractivity contribution is 5.89. The lowest BCUT2D eigenvalue weighted by atomic mass is 9.85. The zero-order chi connectivity index (χ0) is 23.6. The van der Waals surface area contributed by atoms with E-state index in [1.54, 1.807) is 24.8 Å². The first-order chi connectivity index (χ1) is 15.0. The molecule has 0 aliphatic carbocycles. The van der Waals surface area contributed by atoms with Gasteiger partial charge >= 0.3 is 6.18 Å². The Labute approximate surface area is 181 Å². The molecule has 1 aromatic carbocycles. The van der Waals surface area contributed by atoms with Crippen LogP contribution in [0.2, 0.25) is 0 Å². The Hall–Kier alpha value is -3.55. The van der Waals surface area contributed by atoms with Crippen molar-refractivity contribution in [2.24, 2.45) is 5.92 Å². The summed E-state index contributed by atoms with van der Waals surface area (Å²) in [6.07, 6.45) is -4.08. The third kappa shape index (κ3) is 4.85. The average Bonchev–Trinajstić information content (AvgIpc) is 2.72. The zero-order valence-electron chi connectivity index (χ0n) is 17.4. The van der Waals surface area contributed by atoms with E-state index in [0.717, 1.165) is 12.1 Å². The first kappa shape index (κ1) is 23.1. The number of aryl methyl sites for hydroxylation is 2. The van der Waals surface area contributed by atoms with Crippen molar-refractivity contribution >= 4 is 17.2 Å². The molecule has 32 heavy (non-hydrogen) atoms. The van der Waals surface area contributed by atoms with Crippen molar-refractivity contribution in [2.45, 2.75) is 38.8 Å². The molecule has 1 aromatic heterocycles. The number of anilines is 1. The van der Waals surface area contributed by atoms with E-state index >= 15 is 0 Å². The summed E-state index contributed by atoms with van der Waals surface area (Å²) in [6.45, 7) is 3.95. The molecule has 8 nitrogen and oxygen atoms in total. The quantitative estimate of drug-likeness (QED) is 0.501. The highest BCUT2D eigenvalue weighted by Gasteiger charge is 2.36. The van der Waals surface area contributed by atoms with Gasteiger partial charge in [-0.2, -0.15) is 18.4 Å². The van der Waals surface area contributed by atoms with Crippen molar-refractivity contribution in [1.82, 2.24) is 9.97 Å². The molecule has 1 saturated heterocycles. The van der Waals surface area contributed by atoms with Gasteiger partial charge in [0.2, 0.25) is 0 Å². The van der Waals surface area contributed by atoms with Crippen molar-refractivity contribution in [3.05, 3.63) is 57.2 Å². The minimum Gasteiger partial charge on any atom is -0.366 e. The monoisotopic (exact) mass is 447 g/mol. The second kappa shape index (κ2) is 8.90. The number of piperidine rings is 1. The van der Waals surface area contributed by atoms with E-state index in [9.17, 15) is 33.3 Å². The third-order valence-electron chi connectivity index (χ3n) is 5.41. The summed E-state index contributed by atoms with van der Waals surface area (Å²) >= 11 is 0. The van der Waals surface area contributed by atoms with E-state index in [1.807, 2.05) is 6.07 Å². The first-order valence-corrected chi connectivity index (χ1v) is 9.87. The highest BCUT2D eigenvalue weighted by atomic mass is 19.4.